The van der Waals surface area contributed by atoms with Gasteiger partial charge in [-0.2, -0.15) is 0 Å². The third-order valence-corrected chi connectivity index (χ3v) is 6.39. The lowest BCUT2D eigenvalue weighted by Crippen LogP contribution is -2.35. The van der Waals surface area contributed by atoms with Crippen molar-refractivity contribution in [1.82, 2.24) is 4.72 Å². The zero-order valence-corrected chi connectivity index (χ0v) is 12.5. The molecule has 20 heavy (non-hydrogen) atoms. The molecule has 110 valence electrons. The monoisotopic (exact) mass is 317 g/mol. The van der Waals surface area contributed by atoms with Gasteiger partial charge in [0.05, 0.1) is 16.4 Å². The molecule has 1 heterocycles. The first-order valence-electron chi connectivity index (χ1n) is 6.03. The minimum absolute atomic E-state index is 0.00628. The number of hydrogen-bond donors (Lipinski definition) is 1. The van der Waals surface area contributed by atoms with E-state index in [1.165, 1.54) is 31.2 Å². The predicted molar refractivity (Wildman–Crippen MR) is 73.8 cm³/mol. The van der Waals surface area contributed by atoms with E-state index in [1.807, 2.05) is 0 Å². The summed E-state index contributed by atoms with van der Waals surface area (Å²) in [7, 11) is -6.97. The Morgan fingerprint density at radius 1 is 1.35 bits per heavy atom. The van der Waals surface area contributed by atoms with Crippen LogP contribution in [-0.2, 0) is 19.9 Å². The maximum atomic E-state index is 12.2. The van der Waals surface area contributed by atoms with Gasteiger partial charge in [0.25, 0.3) is 0 Å². The zero-order chi connectivity index (χ0) is 15.0. The Morgan fingerprint density at radius 2 is 2.05 bits per heavy atom. The summed E-state index contributed by atoms with van der Waals surface area (Å²) in [6.45, 7) is 1.35. The van der Waals surface area contributed by atoms with Gasteiger partial charge in [0, 0.05) is 11.6 Å². The maximum absolute atomic E-state index is 12.2. The number of hydrogen-bond acceptors (Lipinski definition) is 5. The smallest absolute Gasteiger partial charge is 0.240 e. The van der Waals surface area contributed by atoms with Crippen molar-refractivity contribution in [3.8, 4) is 0 Å². The summed E-state index contributed by atoms with van der Waals surface area (Å²) in [6, 6.07) is 5.07. The molecule has 1 atom stereocenters. The van der Waals surface area contributed by atoms with Crippen molar-refractivity contribution < 1.29 is 21.6 Å². The van der Waals surface area contributed by atoms with Gasteiger partial charge in [-0.3, -0.25) is 4.79 Å². The Balaban J connectivity index is 2.23. The van der Waals surface area contributed by atoms with Crippen LogP contribution in [0.3, 0.4) is 0 Å². The van der Waals surface area contributed by atoms with E-state index in [-0.39, 0.29) is 28.6 Å². The van der Waals surface area contributed by atoms with Crippen molar-refractivity contribution in [2.75, 3.05) is 11.5 Å². The highest BCUT2D eigenvalue weighted by Gasteiger charge is 2.31. The Bertz CT molecular complexity index is 737. The molecule has 0 spiro atoms. The molecule has 1 fully saturated rings. The SMILES string of the molecule is CC(=O)c1cccc(S(=O)(=O)N[C@H]2CCS(=O)(=O)C2)c1. The third kappa shape index (κ3) is 3.44. The number of sulfone groups is 1. The second-order valence-electron chi connectivity index (χ2n) is 4.81. The molecule has 0 aliphatic carbocycles. The van der Waals surface area contributed by atoms with E-state index in [1.54, 1.807) is 0 Å². The van der Waals surface area contributed by atoms with Crippen molar-refractivity contribution >= 4 is 25.6 Å². The molecule has 0 aromatic heterocycles. The van der Waals surface area contributed by atoms with Crippen LogP contribution < -0.4 is 4.72 Å². The summed E-state index contributed by atoms with van der Waals surface area (Å²) in [4.78, 5) is 11.2. The highest BCUT2D eigenvalue weighted by Crippen LogP contribution is 2.17. The topological polar surface area (TPSA) is 97.4 Å². The van der Waals surface area contributed by atoms with Gasteiger partial charge >= 0.3 is 0 Å². The van der Waals surface area contributed by atoms with Crippen LogP contribution in [0, 0.1) is 0 Å². The molecular formula is C12H15NO5S2. The maximum Gasteiger partial charge on any atom is 0.240 e. The average Bonchev–Trinajstić information content (AvgIpc) is 2.68. The van der Waals surface area contributed by atoms with Crippen LogP contribution in [0.1, 0.15) is 23.7 Å². The summed E-state index contributed by atoms with van der Waals surface area (Å²) in [6.07, 6.45) is 0.272. The first-order chi connectivity index (χ1) is 9.20. The second kappa shape index (κ2) is 5.27. The number of carbonyl (C=O) groups excluding carboxylic acids is 1. The van der Waals surface area contributed by atoms with Gasteiger partial charge in [-0.05, 0) is 25.5 Å². The molecule has 6 nitrogen and oxygen atoms in total. The van der Waals surface area contributed by atoms with Gasteiger partial charge in [0.15, 0.2) is 15.6 Å². The van der Waals surface area contributed by atoms with E-state index in [0.717, 1.165) is 0 Å². The molecule has 1 aromatic rings. The molecule has 0 bridgehead atoms. The minimum Gasteiger partial charge on any atom is -0.295 e. The van der Waals surface area contributed by atoms with Gasteiger partial charge < -0.3 is 0 Å². The number of nitrogens with one attached hydrogen (secondary N) is 1. The molecule has 0 radical (unpaired) electrons. The van der Waals surface area contributed by atoms with Crippen LogP contribution in [0.25, 0.3) is 0 Å². The van der Waals surface area contributed by atoms with Crippen LogP contribution in [0.4, 0.5) is 0 Å². The number of benzene rings is 1. The Hall–Kier alpha value is -1.25. The van der Waals surface area contributed by atoms with Crippen molar-refractivity contribution in [2.45, 2.75) is 24.3 Å². The fourth-order valence-corrected chi connectivity index (χ4v) is 5.15. The number of ketones is 1. The number of sulfonamides is 1. The number of carbonyl (C=O) groups is 1. The van der Waals surface area contributed by atoms with Gasteiger partial charge in [-0.25, -0.2) is 21.6 Å². The first-order valence-corrected chi connectivity index (χ1v) is 9.34. The fraction of sp³-hybridized carbons (Fsp3) is 0.417. The molecule has 1 saturated heterocycles. The van der Waals surface area contributed by atoms with Crippen molar-refractivity contribution in [2.24, 2.45) is 0 Å². The molecule has 1 aliphatic heterocycles. The van der Waals surface area contributed by atoms with Gasteiger partial charge in [0.2, 0.25) is 10.0 Å². The van der Waals surface area contributed by atoms with Gasteiger partial charge in [-0.1, -0.05) is 12.1 Å². The van der Waals surface area contributed by atoms with E-state index >= 15 is 0 Å². The third-order valence-electron chi connectivity index (χ3n) is 3.11. The second-order valence-corrected chi connectivity index (χ2v) is 8.75. The van der Waals surface area contributed by atoms with Crippen LogP contribution in [0.15, 0.2) is 29.2 Å². The summed E-state index contributed by atoms with van der Waals surface area (Å²) >= 11 is 0. The summed E-state index contributed by atoms with van der Waals surface area (Å²) < 4.78 is 49.3. The lowest BCUT2D eigenvalue weighted by molar-refractivity contribution is 0.101. The summed E-state index contributed by atoms with van der Waals surface area (Å²) in [5.41, 5.74) is 0.298. The quantitative estimate of drug-likeness (QED) is 0.808. The molecule has 2 rings (SSSR count). The summed E-state index contributed by atoms with van der Waals surface area (Å²) in [5, 5.41) is 0. The fourth-order valence-electron chi connectivity index (χ4n) is 2.06. The molecule has 1 aromatic carbocycles. The lowest BCUT2D eigenvalue weighted by Gasteiger charge is -2.12. The van der Waals surface area contributed by atoms with Crippen LogP contribution in [0.5, 0.6) is 0 Å². The van der Waals surface area contributed by atoms with Gasteiger partial charge in [0.1, 0.15) is 0 Å². The summed E-state index contributed by atoms with van der Waals surface area (Å²) in [5.74, 6) is -0.419. The molecule has 0 amide bonds. The predicted octanol–water partition coefficient (Wildman–Crippen LogP) is 0.355. The average molecular weight is 317 g/mol. The Morgan fingerprint density at radius 3 is 2.60 bits per heavy atom. The zero-order valence-electron chi connectivity index (χ0n) is 10.9. The number of Topliss-reactive ketones (excluding diaryl/α,β-unsaturated/α-hetero) is 1. The number of rotatable bonds is 4. The first kappa shape index (κ1) is 15.1. The molecule has 0 unspecified atom stereocenters. The molecule has 8 heteroatoms. The van der Waals surface area contributed by atoms with E-state index in [4.69, 9.17) is 0 Å². The van der Waals surface area contributed by atoms with E-state index < -0.39 is 25.9 Å². The highest BCUT2D eigenvalue weighted by atomic mass is 32.2. The van der Waals surface area contributed by atoms with E-state index in [9.17, 15) is 21.6 Å². The molecular weight excluding hydrogens is 302 g/mol. The van der Waals surface area contributed by atoms with Crippen LogP contribution in [0.2, 0.25) is 0 Å². The Labute approximate surface area is 118 Å². The van der Waals surface area contributed by atoms with Crippen LogP contribution >= 0.6 is 0 Å². The van der Waals surface area contributed by atoms with Crippen molar-refractivity contribution in [1.29, 1.82) is 0 Å². The highest BCUT2D eigenvalue weighted by molar-refractivity contribution is 7.92. The largest absolute Gasteiger partial charge is 0.295 e. The van der Waals surface area contributed by atoms with Crippen molar-refractivity contribution in [3.63, 3.8) is 0 Å². The minimum atomic E-state index is -3.82. The molecule has 0 saturated carbocycles. The molecule has 1 N–H and O–H groups in total. The molecule has 1 aliphatic rings. The normalized spacial score (nSPS) is 21.8. The Kier molecular flexibility index (Phi) is 3.99. The standard InChI is InChI=1S/C12H15NO5S2/c1-9(14)10-3-2-4-12(7-10)20(17,18)13-11-5-6-19(15,16)8-11/h2-4,7,11,13H,5-6,8H2,1H3/t11-/m0/s1. The lowest BCUT2D eigenvalue weighted by atomic mass is 10.2. The van der Waals surface area contributed by atoms with Crippen molar-refractivity contribution in [3.05, 3.63) is 29.8 Å². The van der Waals surface area contributed by atoms with E-state index in [2.05, 4.69) is 4.72 Å². The van der Waals surface area contributed by atoms with E-state index in [0.29, 0.717) is 5.56 Å². The van der Waals surface area contributed by atoms with Gasteiger partial charge in [-0.15, -0.1) is 0 Å². The van der Waals surface area contributed by atoms with Crippen LogP contribution in [-0.4, -0.2) is 40.2 Å².